The highest BCUT2D eigenvalue weighted by molar-refractivity contribution is 8.01. The largest absolute Gasteiger partial charge is 0.368 e. The van der Waals surface area contributed by atoms with Gasteiger partial charge in [-0.05, 0) is 32.9 Å². The molecular formula is C11H15NOS. The topological polar surface area (TPSA) is 43.1 Å². The molecule has 0 radical (unpaired) electrons. The fourth-order valence-electron chi connectivity index (χ4n) is 0.951. The second kappa shape index (κ2) is 4.05. The van der Waals surface area contributed by atoms with E-state index in [9.17, 15) is 4.79 Å². The summed E-state index contributed by atoms with van der Waals surface area (Å²) in [6.45, 7) is 5.70. The molecule has 0 spiro atoms. The molecule has 1 amide bonds. The lowest BCUT2D eigenvalue weighted by molar-refractivity contribution is -0.119. The molecule has 0 aliphatic heterocycles. The van der Waals surface area contributed by atoms with Crippen LogP contribution in [0, 0.1) is 6.92 Å². The molecule has 0 aliphatic carbocycles. The first-order valence-electron chi connectivity index (χ1n) is 4.47. The van der Waals surface area contributed by atoms with Crippen LogP contribution in [-0.2, 0) is 4.79 Å². The predicted molar refractivity (Wildman–Crippen MR) is 60.3 cm³/mol. The number of rotatable bonds is 3. The van der Waals surface area contributed by atoms with Crippen molar-refractivity contribution in [3.8, 4) is 0 Å². The average molecular weight is 209 g/mol. The van der Waals surface area contributed by atoms with E-state index in [0.29, 0.717) is 0 Å². The van der Waals surface area contributed by atoms with Gasteiger partial charge in [-0.25, -0.2) is 0 Å². The fraction of sp³-hybridized carbons (Fsp3) is 0.364. The summed E-state index contributed by atoms with van der Waals surface area (Å²) < 4.78 is -0.546. The van der Waals surface area contributed by atoms with Crippen LogP contribution in [0.3, 0.4) is 0 Å². The Kier molecular flexibility index (Phi) is 3.21. The number of hydrogen-bond donors (Lipinski definition) is 1. The van der Waals surface area contributed by atoms with Crippen molar-refractivity contribution < 1.29 is 4.79 Å². The fourth-order valence-corrected chi connectivity index (χ4v) is 1.91. The second-order valence-electron chi connectivity index (χ2n) is 3.79. The number of carbonyl (C=O) groups excluding carboxylic acids is 1. The summed E-state index contributed by atoms with van der Waals surface area (Å²) in [4.78, 5) is 12.2. The van der Waals surface area contributed by atoms with E-state index in [4.69, 9.17) is 5.73 Å². The minimum Gasteiger partial charge on any atom is -0.368 e. The van der Waals surface area contributed by atoms with Gasteiger partial charge < -0.3 is 5.73 Å². The van der Waals surface area contributed by atoms with Gasteiger partial charge >= 0.3 is 0 Å². The van der Waals surface area contributed by atoms with Gasteiger partial charge in [-0.1, -0.05) is 17.7 Å². The Bertz CT molecular complexity index is 330. The van der Waals surface area contributed by atoms with Gasteiger partial charge in [0.2, 0.25) is 5.91 Å². The van der Waals surface area contributed by atoms with Crippen LogP contribution < -0.4 is 5.73 Å². The first-order chi connectivity index (χ1) is 6.42. The maximum absolute atomic E-state index is 11.1. The Hall–Kier alpha value is -0.960. The molecule has 3 heteroatoms. The third-order valence-electron chi connectivity index (χ3n) is 1.99. The van der Waals surface area contributed by atoms with E-state index in [-0.39, 0.29) is 5.91 Å². The van der Waals surface area contributed by atoms with E-state index in [1.165, 1.54) is 17.3 Å². The van der Waals surface area contributed by atoms with Crippen molar-refractivity contribution in [1.82, 2.24) is 0 Å². The lowest BCUT2D eigenvalue weighted by Gasteiger charge is -2.19. The van der Waals surface area contributed by atoms with E-state index >= 15 is 0 Å². The number of nitrogens with two attached hydrogens (primary N) is 1. The summed E-state index contributed by atoms with van der Waals surface area (Å²) in [5.41, 5.74) is 6.50. The van der Waals surface area contributed by atoms with Crippen LogP contribution >= 0.6 is 11.8 Å². The van der Waals surface area contributed by atoms with Gasteiger partial charge in [0.25, 0.3) is 0 Å². The molecule has 14 heavy (non-hydrogen) atoms. The van der Waals surface area contributed by atoms with Crippen LogP contribution in [0.1, 0.15) is 19.4 Å². The molecule has 0 saturated carbocycles. The van der Waals surface area contributed by atoms with Crippen molar-refractivity contribution in [2.24, 2.45) is 5.73 Å². The zero-order chi connectivity index (χ0) is 10.8. The number of aryl methyl sites for hydroxylation is 1. The molecule has 1 aromatic rings. The molecule has 0 saturated heterocycles. The van der Waals surface area contributed by atoms with Gasteiger partial charge in [0.1, 0.15) is 0 Å². The monoisotopic (exact) mass is 209 g/mol. The Balaban J connectivity index is 2.79. The molecule has 0 aromatic heterocycles. The Morgan fingerprint density at radius 2 is 1.79 bits per heavy atom. The predicted octanol–water partition coefficient (Wildman–Crippen LogP) is 2.35. The summed E-state index contributed by atoms with van der Waals surface area (Å²) in [5, 5.41) is 0. The van der Waals surface area contributed by atoms with Gasteiger partial charge in [-0.15, -0.1) is 11.8 Å². The minimum atomic E-state index is -0.546. The van der Waals surface area contributed by atoms with Crippen molar-refractivity contribution in [2.45, 2.75) is 30.4 Å². The van der Waals surface area contributed by atoms with Crippen LogP contribution in [0.15, 0.2) is 29.2 Å². The second-order valence-corrected chi connectivity index (χ2v) is 5.49. The maximum atomic E-state index is 11.1. The maximum Gasteiger partial charge on any atom is 0.233 e. The standard InChI is InChI=1S/C11H15NOS/c1-8-4-6-9(7-5-8)14-11(2,3)10(12)13/h4-7H,1-3H3,(H2,12,13). The van der Waals surface area contributed by atoms with E-state index < -0.39 is 4.75 Å². The third kappa shape index (κ3) is 2.77. The number of amides is 1. The van der Waals surface area contributed by atoms with Crippen molar-refractivity contribution in [1.29, 1.82) is 0 Å². The Labute approximate surface area is 88.9 Å². The minimum absolute atomic E-state index is 0.289. The molecule has 0 fully saturated rings. The first-order valence-corrected chi connectivity index (χ1v) is 5.29. The molecule has 1 aromatic carbocycles. The molecule has 2 nitrogen and oxygen atoms in total. The summed E-state index contributed by atoms with van der Waals surface area (Å²) in [6.07, 6.45) is 0. The smallest absolute Gasteiger partial charge is 0.233 e. The van der Waals surface area contributed by atoms with Crippen LogP contribution in [0.5, 0.6) is 0 Å². The third-order valence-corrected chi connectivity index (χ3v) is 3.21. The molecule has 0 bridgehead atoms. The van der Waals surface area contributed by atoms with Gasteiger partial charge in [-0.3, -0.25) is 4.79 Å². The molecule has 0 atom stereocenters. The van der Waals surface area contributed by atoms with Crippen LogP contribution in [0.2, 0.25) is 0 Å². The number of thioether (sulfide) groups is 1. The molecule has 0 unspecified atom stereocenters. The number of hydrogen-bond acceptors (Lipinski definition) is 2. The van der Waals surface area contributed by atoms with Crippen molar-refractivity contribution in [3.05, 3.63) is 29.8 Å². The molecule has 0 aliphatic rings. The zero-order valence-electron chi connectivity index (χ0n) is 8.70. The SMILES string of the molecule is Cc1ccc(SC(C)(C)C(N)=O)cc1. The average Bonchev–Trinajstić information content (AvgIpc) is 2.08. The Morgan fingerprint density at radius 3 is 2.21 bits per heavy atom. The van der Waals surface area contributed by atoms with Gasteiger partial charge in [0.05, 0.1) is 4.75 Å². The highest BCUT2D eigenvalue weighted by Crippen LogP contribution is 2.31. The van der Waals surface area contributed by atoms with Crippen molar-refractivity contribution >= 4 is 17.7 Å². The van der Waals surface area contributed by atoms with Crippen LogP contribution in [-0.4, -0.2) is 10.7 Å². The van der Waals surface area contributed by atoms with E-state index in [0.717, 1.165) is 4.90 Å². The highest BCUT2D eigenvalue weighted by Gasteiger charge is 2.25. The molecular weight excluding hydrogens is 194 g/mol. The summed E-state index contributed by atoms with van der Waals surface area (Å²) >= 11 is 1.49. The first kappa shape index (κ1) is 11.1. The number of primary amides is 1. The summed E-state index contributed by atoms with van der Waals surface area (Å²) in [5.74, 6) is -0.289. The number of benzene rings is 1. The van der Waals surface area contributed by atoms with Crippen LogP contribution in [0.25, 0.3) is 0 Å². The van der Waals surface area contributed by atoms with E-state index in [2.05, 4.69) is 0 Å². The van der Waals surface area contributed by atoms with Crippen LogP contribution in [0.4, 0.5) is 0 Å². The number of carbonyl (C=O) groups is 1. The van der Waals surface area contributed by atoms with Gasteiger partial charge in [0, 0.05) is 4.90 Å². The molecule has 1 rings (SSSR count). The lowest BCUT2D eigenvalue weighted by Crippen LogP contribution is -2.34. The normalized spacial score (nSPS) is 11.4. The van der Waals surface area contributed by atoms with E-state index in [1.54, 1.807) is 0 Å². The highest BCUT2D eigenvalue weighted by atomic mass is 32.2. The van der Waals surface area contributed by atoms with Gasteiger partial charge in [-0.2, -0.15) is 0 Å². The van der Waals surface area contributed by atoms with Crippen molar-refractivity contribution in [3.63, 3.8) is 0 Å². The molecule has 76 valence electrons. The summed E-state index contributed by atoms with van der Waals surface area (Å²) in [6, 6.07) is 8.06. The quantitative estimate of drug-likeness (QED) is 0.776. The molecule has 2 N–H and O–H groups in total. The molecule has 0 heterocycles. The van der Waals surface area contributed by atoms with Gasteiger partial charge in [0.15, 0.2) is 0 Å². The zero-order valence-corrected chi connectivity index (χ0v) is 9.52. The van der Waals surface area contributed by atoms with E-state index in [1.807, 2.05) is 45.0 Å². The van der Waals surface area contributed by atoms with Crippen molar-refractivity contribution in [2.75, 3.05) is 0 Å². The lowest BCUT2D eigenvalue weighted by atomic mass is 10.2. The summed E-state index contributed by atoms with van der Waals surface area (Å²) in [7, 11) is 0. The Morgan fingerprint density at radius 1 is 1.29 bits per heavy atom.